The minimum atomic E-state index is 0.0688. The van der Waals surface area contributed by atoms with E-state index >= 15 is 0 Å². The molecule has 1 heterocycles. The van der Waals surface area contributed by atoms with Crippen molar-refractivity contribution in [1.29, 1.82) is 0 Å². The predicted octanol–water partition coefficient (Wildman–Crippen LogP) is 2.87. The van der Waals surface area contributed by atoms with Crippen molar-refractivity contribution in [2.45, 2.75) is 38.1 Å². The van der Waals surface area contributed by atoms with Crippen molar-refractivity contribution in [3.8, 4) is 0 Å². The maximum Gasteiger partial charge on any atom is 0.237 e. The predicted molar refractivity (Wildman–Crippen MR) is 83.1 cm³/mol. The van der Waals surface area contributed by atoms with E-state index < -0.39 is 0 Å². The normalized spacial score (nSPS) is 19.8. The molecule has 20 heavy (non-hydrogen) atoms. The molecule has 1 aliphatic heterocycles. The fourth-order valence-electron chi connectivity index (χ4n) is 2.68. The minimum Gasteiger partial charge on any atom is -0.355 e. The molecule has 2 rings (SSSR count). The molecule has 1 aromatic rings. The molecule has 0 aliphatic carbocycles. The summed E-state index contributed by atoms with van der Waals surface area (Å²) in [4.78, 5) is 14.3. The van der Waals surface area contributed by atoms with Gasteiger partial charge in [0.15, 0.2) is 0 Å². The van der Waals surface area contributed by atoms with E-state index in [2.05, 4.69) is 10.2 Å². The summed E-state index contributed by atoms with van der Waals surface area (Å²) < 4.78 is 0. The zero-order valence-electron chi connectivity index (χ0n) is 12.1. The van der Waals surface area contributed by atoms with Crippen LogP contribution in [0.1, 0.15) is 31.2 Å². The van der Waals surface area contributed by atoms with Crippen molar-refractivity contribution in [2.24, 2.45) is 0 Å². The molecule has 0 spiro atoms. The third-order valence-electron chi connectivity index (χ3n) is 3.93. The number of benzene rings is 1. The van der Waals surface area contributed by atoms with Gasteiger partial charge in [0.2, 0.25) is 5.91 Å². The molecule has 1 N–H and O–H groups in total. The van der Waals surface area contributed by atoms with E-state index in [1.807, 2.05) is 31.3 Å². The average Bonchev–Trinajstić information content (AvgIpc) is 2.46. The van der Waals surface area contributed by atoms with Crippen molar-refractivity contribution in [3.05, 3.63) is 34.9 Å². The van der Waals surface area contributed by atoms with E-state index in [1.165, 1.54) is 12.0 Å². The average molecular weight is 295 g/mol. The van der Waals surface area contributed by atoms with Gasteiger partial charge in [0.05, 0.1) is 6.04 Å². The molecule has 4 heteroatoms. The molecule has 110 valence electrons. The van der Waals surface area contributed by atoms with Gasteiger partial charge in [-0.25, -0.2) is 0 Å². The second kappa shape index (κ2) is 7.65. The summed E-state index contributed by atoms with van der Waals surface area (Å²) >= 11 is 5.85. The quantitative estimate of drug-likeness (QED) is 0.847. The lowest BCUT2D eigenvalue weighted by molar-refractivity contribution is -0.127. The molecule has 0 radical (unpaired) electrons. The minimum absolute atomic E-state index is 0.0688. The topological polar surface area (TPSA) is 32.3 Å². The van der Waals surface area contributed by atoms with Gasteiger partial charge in [-0.3, -0.25) is 9.69 Å². The zero-order chi connectivity index (χ0) is 14.4. The fourth-order valence-corrected chi connectivity index (χ4v) is 2.81. The van der Waals surface area contributed by atoms with Crippen molar-refractivity contribution >= 4 is 17.5 Å². The monoisotopic (exact) mass is 294 g/mol. The van der Waals surface area contributed by atoms with Gasteiger partial charge in [0.25, 0.3) is 0 Å². The third kappa shape index (κ3) is 4.50. The number of nitrogens with zero attached hydrogens (tertiary/aromatic N) is 1. The maximum absolute atomic E-state index is 12.1. The van der Waals surface area contributed by atoms with E-state index in [4.69, 9.17) is 11.6 Å². The lowest BCUT2D eigenvalue weighted by Gasteiger charge is -2.31. The van der Waals surface area contributed by atoms with Crippen molar-refractivity contribution in [2.75, 3.05) is 20.1 Å². The molecular formula is C16H23ClN2O. The van der Waals surface area contributed by atoms with Crippen LogP contribution in [0, 0.1) is 0 Å². The molecule has 0 bridgehead atoms. The Morgan fingerprint density at radius 1 is 1.35 bits per heavy atom. The molecular weight excluding hydrogens is 272 g/mol. The number of hydrogen-bond donors (Lipinski definition) is 1. The van der Waals surface area contributed by atoms with Crippen LogP contribution in [0.5, 0.6) is 0 Å². The Morgan fingerprint density at radius 2 is 2.10 bits per heavy atom. The molecule has 1 atom stereocenters. The molecule has 1 aliphatic rings. The second-order valence-corrected chi connectivity index (χ2v) is 5.95. The summed E-state index contributed by atoms with van der Waals surface area (Å²) in [6.07, 6.45) is 5.28. The van der Waals surface area contributed by atoms with Gasteiger partial charge in [-0.15, -0.1) is 0 Å². The number of likely N-dealkylation sites (N-methyl/N-ethyl adjacent to an activating group) is 1. The molecule has 1 amide bonds. The van der Waals surface area contributed by atoms with Gasteiger partial charge < -0.3 is 5.32 Å². The summed E-state index contributed by atoms with van der Waals surface area (Å²) in [5.74, 6) is 0.184. The number of aryl methyl sites for hydroxylation is 1. The Hall–Kier alpha value is -1.06. The SMILES string of the molecule is CN1CCCC[C@H]1C(=O)NCCCc1ccc(Cl)cc1. The number of carbonyl (C=O) groups is 1. The summed E-state index contributed by atoms with van der Waals surface area (Å²) in [6.45, 7) is 1.77. The number of amides is 1. The van der Waals surface area contributed by atoms with Crippen molar-refractivity contribution in [1.82, 2.24) is 10.2 Å². The second-order valence-electron chi connectivity index (χ2n) is 5.51. The van der Waals surface area contributed by atoms with Gasteiger partial charge in [-0.05, 0) is 57.0 Å². The zero-order valence-corrected chi connectivity index (χ0v) is 12.8. The first-order valence-corrected chi connectivity index (χ1v) is 7.77. The van der Waals surface area contributed by atoms with Crippen LogP contribution in [0.4, 0.5) is 0 Å². The highest BCUT2D eigenvalue weighted by atomic mass is 35.5. The molecule has 3 nitrogen and oxygen atoms in total. The van der Waals surface area contributed by atoms with Crippen LogP contribution < -0.4 is 5.32 Å². The molecule has 0 aromatic heterocycles. The summed E-state index contributed by atoms with van der Waals surface area (Å²) in [7, 11) is 2.04. The summed E-state index contributed by atoms with van der Waals surface area (Å²) in [5.41, 5.74) is 1.26. The molecule has 0 unspecified atom stereocenters. The Kier molecular flexibility index (Phi) is 5.86. The van der Waals surface area contributed by atoms with Crippen LogP contribution in [0.3, 0.4) is 0 Å². The van der Waals surface area contributed by atoms with Gasteiger partial charge >= 0.3 is 0 Å². The van der Waals surface area contributed by atoms with E-state index in [9.17, 15) is 4.79 Å². The number of rotatable bonds is 5. The number of piperidine rings is 1. The number of hydrogen-bond acceptors (Lipinski definition) is 2. The summed E-state index contributed by atoms with van der Waals surface area (Å²) in [5, 5.41) is 3.82. The van der Waals surface area contributed by atoms with Crippen LogP contribution in [0.2, 0.25) is 5.02 Å². The van der Waals surface area contributed by atoms with Crippen LogP contribution in [-0.2, 0) is 11.2 Å². The highest BCUT2D eigenvalue weighted by Gasteiger charge is 2.25. The van der Waals surface area contributed by atoms with E-state index in [-0.39, 0.29) is 11.9 Å². The largest absolute Gasteiger partial charge is 0.355 e. The van der Waals surface area contributed by atoms with Crippen LogP contribution in [0.25, 0.3) is 0 Å². The van der Waals surface area contributed by atoms with Gasteiger partial charge in [-0.1, -0.05) is 30.2 Å². The van der Waals surface area contributed by atoms with Crippen LogP contribution >= 0.6 is 11.6 Å². The van der Waals surface area contributed by atoms with Crippen LogP contribution in [0.15, 0.2) is 24.3 Å². The highest BCUT2D eigenvalue weighted by Crippen LogP contribution is 2.15. The molecule has 1 saturated heterocycles. The van der Waals surface area contributed by atoms with E-state index in [0.717, 1.165) is 43.8 Å². The lowest BCUT2D eigenvalue weighted by atomic mass is 10.0. The molecule has 1 aromatic carbocycles. The Bertz CT molecular complexity index is 433. The van der Waals surface area contributed by atoms with Gasteiger partial charge in [-0.2, -0.15) is 0 Å². The van der Waals surface area contributed by atoms with Crippen LogP contribution in [-0.4, -0.2) is 37.0 Å². The van der Waals surface area contributed by atoms with Crippen molar-refractivity contribution < 1.29 is 4.79 Å². The van der Waals surface area contributed by atoms with E-state index in [1.54, 1.807) is 0 Å². The number of carbonyl (C=O) groups excluding carboxylic acids is 1. The first kappa shape index (κ1) is 15.3. The van der Waals surface area contributed by atoms with Gasteiger partial charge in [0.1, 0.15) is 0 Å². The fraction of sp³-hybridized carbons (Fsp3) is 0.562. The molecule has 0 saturated carbocycles. The number of halogens is 1. The molecule has 1 fully saturated rings. The third-order valence-corrected chi connectivity index (χ3v) is 4.18. The number of likely N-dealkylation sites (tertiary alicyclic amines) is 1. The lowest BCUT2D eigenvalue weighted by Crippen LogP contribution is -2.47. The summed E-state index contributed by atoms with van der Waals surface area (Å²) in [6, 6.07) is 7.97. The standard InChI is InChI=1S/C16H23ClN2O/c1-19-12-3-2-6-15(19)16(20)18-11-4-5-13-7-9-14(17)10-8-13/h7-10,15H,2-6,11-12H2,1H3,(H,18,20)/t15-/m0/s1. The van der Waals surface area contributed by atoms with Crippen molar-refractivity contribution in [3.63, 3.8) is 0 Å². The Labute approximate surface area is 126 Å². The first-order chi connectivity index (χ1) is 9.66. The smallest absolute Gasteiger partial charge is 0.237 e. The Balaban J connectivity index is 1.67. The highest BCUT2D eigenvalue weighted by molar-refractivity contribution is 6.30. The van der Waals surface area contributed by atoms with Gasteiger partial charge in [0, 0.05) is 11.6 Å². The number of nitrogens with one attached hydrogen (secondary N) is 1. The van der Waals surface area contributed by atoms with E-state index in [0.29, 0.717) is 0 Å². The first-order valence-electron chi connectivity index (χ1n) is 7.39. The Morgan fingerprint density at radius 3 is 2.80 bits per heavy atom. The maximum atomic E-state index is 12.1.